The van der Waals surface area contributed by atoms with E-state index in [9.17, 15) is 9.59 Å². The van der Waals surface area contributed by atoms with Gasteiger partial charge >= 0.3 is 0 Å². The van der Waals surface area contributed by atoms with E-state index in [1.165, 1.54) is 0 Å². The number of rotatable bonds is 5. The highest BCUT2D eigenvalue weighted by atomic mass is 35.5. The van der Waals surface area contributed by atoms with Crippen molar-refractivity contribution in [2.75, 3.05) is 11.9 Å². The van der Waals surface area contributed by atoms with Gasteiger partial charge < -0.3 is 16.0 Å². The third kappa shape index (κ3) is 6.08. The number of hydrogen-bond acceptors (Lipinski definition) is 3. The Bertz CT molecular complexity index is 808. The monoisotopic (exact) mass is 401 g/mol. The highest BCUT2D eigenvalue weighted by Gasteiger charge is 2.24. The fourth-order valence-corrected chi connectivity index (χ4v) is 3.37. The molecule has 28 heavy (non-hydrogen) atoms. The fourth-order valence-electron chi connectivity index (χ4n) is 3.37. The summed E-state index contributed by atoms with van der Waals surface area (Å²) in [5.41, 5.74) is 3.43. The van der Waals surface area contributed by atoms with Gasteiger partial charge in [-0.1, -0.05) is 29.8 Å². The van der Waals surface area contributed by atoms with Crippen molar-refractivity contribution in [2.24, 2.45) is 5.92 Å². The van der Waals surface area contributed by atoms with Gasteiger partial charge in [-0.3, -0.25) is 9.59 Å². The molecule has 0 radical (unpaired) electrons. The molecule has 2 aromatic carbocycles. The summed E-state index contributed by atoms with van der Waals surface area (Å²) in [6.07, 6.45) is 1.75. The average Bonchev–Trinajstić information content (AvgIpc) is 2.67. The lowest BCUT2D eigenvalue weighted by molar-refractivity contribution is -0.126. The van der Waals surface area contributed by atoms with Crippen LogP contribution in [0.25, 0.3) is 0 Å². The van der Waals surface area contributed by atoms with Crippen molar-refractivity contribution in [3.05, 3.63) is 65.2 Å². The number of piperidine rings is 1. The maximum atomic E-state index is 12.4. The van der Waals surface area contributed by atoms with Crippen LogP contribution < -0.4 is 16.0 Å². The van der Waals surface area contributed by atoms with Gasteiger partial charge in [0, 0.05) is 29.8 Å². The Morgan fingerprint density at radius 2 is 1.89 bits per heavy atom. The maximum Gasteiger partial charge on any atom is 0.255 e. The third-order valence-corrected chi connectivity index (χ3v) is 4.96. The van der Waals surface area contributed by atoms with Gasteiger partial charge in [0.25, 0.3) is 5.91 Å². The zero-order valence-electron chi connectivity index (χ0n) is 16.3. The Kier molecular flexibility index (Phi) is 8.03. The van der Waals surface area contributed by atoms with Gasteiger partial charge in [0.05, 0.1) is 0 Å². The molecule has 0 saturated carbocycles. The Morgan fingerprint density at radius 1 is 1.14 bits per heavy atom. The lowest BCUT2D eigenvalue weighted by Gasteiger charge is -2.27. The van der Waals surface area contributed by atoms with Crippen molar-refractivity contribution >= 4 is 29.9 Å². The number of halogens is 1. The van der Waals surface area contributed by atoms with Crippen LogP contribution in [-0.2, 0) is 11.3 Å². The number of benzene rings is 2. The molecule has 6 heteroatoms. The first-order chi connectivity index (χ1) is 13.0. The number of nitrogens with one attached hydrogen (secondary N) is 3. The first-order valence-corrected chi connectivity index (χ1v) is 9.49. The number of hydrogen-bond donors (Lipinski definition) is 3. The predicted octanol–water partition coefficient (Wildman–Crippen LogP) is 3.67. The van der Waals surface area contributed by atoms with Crippen LogP contribution in [0.4, 0.5) is 5.69 Å². The number of carbonyl (C=O) groups excluding carboxylic acids is 2. The van der Waals surface area contributed by atoms with Crippen LogP contribution in [-0.4, -0.2) is 24.4 Å². The molecule has 0 spiro atoms. The molecule has 0 bridgehead atoms. The number of aryl methyl sites for hydroxylation is 1. The largest absolute Gasteiger partial charge is 0.352 e. The zero-order valence-corrected chi connectivity index (χ0v) is 17.1. The lowest BCUT2D eigenvalue weighted by Crippen LogP contribution is -2.42. The molecule has 0 unspecified atom stereocenters. The Hall–Kier alpha value is -2.37. The molecule has 150 valence electrons. The highest BCUT2D eigenvalue weighted by molar-refractivity contribution is 6.04. The summed E-state index contributed by atoms with van der Waals surface area (Å²) in [6.45, 7) is 5.45. The van der Waals surface area contributed by atoms with Gasteiger partial charge in [0.15, 0.2) is 0 Å². The zero-order chi connectivity index (χ0) is 19.2. The summed E-state index contributed by atoms with van der Waals surface area (Å²) in [7, 11) is 0. The van der Waals surface area contributed by atoms with Crippen molar-refractivity contribution in [3.8, 4) is 0 Å². The molecule has 1 saturated heterocycles. The summed E-state index contributed by atoms with van der Waals surface area (Å²) < 4.78 is 0. The average molecular weight is 402 g/mol. The van der Waals surface area contributed by atoms with Crippen LogP contribution in [0.2, 0.25) is 0 Å². The lowest BCUT2D eigenvalue weighted by atomic mass is 9.92. The van der Waals surface area contributed by atoms with E-state index in [0.29, 0.717) is 18.2 Å². The van der Waals surface area contributed by atoms with E-state index in [1.807, 2.05) is 55.5 Å². The molecule has 3 rings (SSSR count). The normalized spacial score (nSPS) is 18.6. The van der Waals surface area contributed by atoms with Crippen molar-refractivity contribution in [1.82, 2.24) is 10.6 Å². The van der Waals surface area contributed by atoms with Gasteiger partial charge in [-0.25, -0.2) is 0 Å². The van der Waals surface area contributed by atoms with Crippen LogP contribution in [0.1, 0.15) is 41.3 Å². The quantitative estimate of drug-likeness (QED) is 0.715. The second-order valence-corrected chi connectivity index (χ2v) is 7.31. The Labute approximate surface area is 172 Å². The van der Waals surface area contributed by atoms with E-state index in [4.69, 9.17) is 0 Å². The van der Waals surface area contributed by atoms with Crippen LogP contribution in [0.3, 0.4) is 0 Å². The van der Waals surface area contributed by atoms with Gasteiger partial charge in [0.2, 0.25) is 5.91 Å². The summed E-state index contributed by atoms with van der Waals surface area (Å²) in [5, 5.41) is 9.31. The van der Waals surface area contributed by atoms with Gasteiger partial charge in [-0.2, -0.15) is 0 Å². The highest BCUT2D eigenvalue weighted by Crippen LogP contribution is 2.17. The molecule has 2 atom stereocenters. The van der Waals surface area contributed by atoms with E-state index >= 15 is 0 Å². The molecule has 2 amide bonds. The van der Waals surface area contributed by atoms with E-state index in [-0.39, 0.29) is 30.1 Å². The van der Waals surface area contributed by atoms with E-state index in [0.717, 1.165) is 36.2 Å². The molecule has 0 aliphatic carbocycles. The summed E-state index contributed by atoms with van der Waals surface area (Å²) in [5.74, 6) is 0.0444. The predicted molar refractivity (Wildman–Crippen MR) is 115 cm³/mol. The van der Waals surface area contributed by atoms with Crippen LogP contribution >= 0.6 is 12.4 Å². The summed E-state index contributed by atoms with van der Waals surface area (Å²) in [6, 6.07) is 15.4. The van der Waals surface area contributed by atoms with Crippen LogP contribution in [0.15, 0.2) is 48.5 Å². The topological polar surface area (TPSA) is 70.2 Å². The van der Waals surface area contributed by atoms with Crippen molar-refractivity contribution in [1.29, 1.82) is 0 Å². The Balaban J connectivity index is 0.00000280. The van der Waals surface area contributed by atoms with Crippen LogP contribution in [0, 0.1) is 12.8 Å². The van der Waals surface area contributed by atoms with Gasteiger partial charge in [-0.05, 0) is 63.1 Å². The van der Waals surface area contributed by atoms with Crippen molar-refractivity contribution < 1.29 is 9.59 Å². The second kappa shape index (κ2) is 10.2. The van der Waals surface area contributed by atoms with Gasteiger partial charge in [0.1, 0.15) is 0 Å². The number of anilines is 1. The van der Waals surface area contributed by atoms with E-state index < -0.39 is 0 Å². The number of carbonyl (C=O) groups is 2. The minimum Gasteiger partial charge on any atom is -0.352 e. The minimum absolute atomic E-state index is 0. The molecule has 1 aliphatic rings. The molecule has 0 aromatic heterocycles. The smallest absolute Gasteiger partial charge is 0.255 e. The van der Waals surface area contributed by atoms with Crippen molar-refractivity contribution in [3.63, 3.8) is 0 Å². The second-order valence-electron chi connectivity index (χ2n) is 7.31. The summed E-state index contributed by atoms with van der Waals surface area (Å²) >= 11 is 0. The SMILES string of the molecule is Cc1ccc(C(=O)Nc2cccc(CNC(=O)[C@H]3CCN[C@@H](C)C3)c2)cc1.Cl. The van der Waals surface area contributed by atoms with E-state index in [2.05, 4.69) is 22.9 Å². The Morgan fingerprint density at radius 3 is 2.61 bits per heavy atom. The first kappa shape index (κ1) is 21.9. The number of amides is 2. The van der Waals surface area contributed by atoms with Crippen LogP contribution in [0.5, 0.6) is 0 Å². The molecule has 1 fully saturated rings. The van der Waals surface area contributed by atoms with E-state index in [1.54, 1.807) is 0 Å². The van der Waals surface area contributed by atoms with Gasteiger partial charge in [-0.15, -0.1) is 12.4 Å². The first-order valence-electron chi connectivity index (χ1n) is 9.49. The molecule has 1 aliphatic heterocycles. The molecule has 2 aromatic rings. The molecule has 3 N–H and O–H groups in total. The maximum absolute atomic E-state index is 12.4. The molecule has 5 nitrogen and oxygen atoms in total. The summed E-state index contributed by atoms with van der Waals surface area (Å²) in [4.78, 5) is 24.7. The molecular weight excluding hydrogens is 374 g/mol. The standard InChI is InChI=1S/C22H27N3O2.ClH/c1-15-6-8-18(9-7-15)22(27)25-20-5-3-4-17(13-20)14-24-21(26)19-10-11-23-16(2)12-19;/h3-9,13,16,19,23H,10-12,14H2,1-2H3,(H,24,26)(H,25,27);1H/t16-,19-;/m0./s1. The van der Waals surface area contributed by atoms with Crippen molar-refractivity contribution in [2.45, 2.75) is 39.3 Å². The third-order valence-electron chi connectivity index (χ3n) is 4.96. The fraction of sp³-hybridized carbons (Fsp3) is 0.364. The molecule has 1 heterocycles. The minimum atomic E-state index is -0.139. The molecular formula is C22H28ClN3O2.